The Kier molecular flexibility index (Phi) is 6.27. The van der Waals surface area contributed by atoms with E-state index in [0.29, 0.717) is 10.9 Å². The molecule has 0 bridgehead atoms. The molecule has 0 aliphatic heterocycles. The molecule has 0 aromatic carbocycles. The first-order chi connectivity index (χ1) is 8.92. The van der Waals surface area contributed by atoms with Crippen molar-refractivity contribution < 1.29 is 14.3 Å². The van der Waals surface area contributed by atoms with Gasteiger partial charge in [0.15, 0.2) is 0 Å². The van der Waals surface area contributed by atoms with Crippen molar-refractivity contribution in [1.82, 2.24) is 9.80 Å². The Morgan fingerprint density at radius 3 is 2.53 bits per heavy atom. The van der Waals surface area contributed by atoms with Gasteiger partial charge in [-0.1, -0.05) is 11.6 Å². The van der Waals surface area contributed by atoms with Gasteiger partial charge in [-0.3, -0.25) is 14.5 Å². The second-order valence-corrected chi connectivity index (χ2v) is 6.00. The molecule has 0 fully saturated rings. The fourth-order valence-corrected chi connectivity index (χ4v) is 2.59. The highest BCUT2D eigenvalue weighted by Gasteiger charge is 2.15. The Hall–Kier alpha value is -1.11. The van der Waals surface area contributed by atoms with Crippen LogP contribution in [0, 0.1) is 0 Å². The van der Waals surface area contributed by atoms with Gasteiger partial charge in [0.2, 0.25) is 5.91 Å². The van der Waals surface area contributed by atoms with Gasteiger partial charge in [-0.2, -0.15) is 0 Å². The number of halogens is 1. The number of amides is 1. The van der Waals surface area contributed by atoms with Crippen molar-refractivity contribution in [2.75, 3.05) is 34.3 Å². The number of carbonyl (C=O) groups excluding carboxylic acids is 2. The molecule has 0 spiro atoms. The number of hydrogen-bond donors (Lipinski definition) is 0. The van der Waals surface area contributed by atoms with Gasteiger partial charge in [0.1, 0.15) is 0 Å². The van der Waals surface area contributed by atoms with Crippen LogP contribution in [0.25, 0.3) is 0 Å². The van der Waals surface area contributed by atoms with Crippen LogP contribution in [0.1, 0.15) is 4.88 Å². The summed E-state index contributed by atoms with van der Waals surface area (Å²) in [5, 5.41) is 0. The molecule has 1 heterocycles. The zero-order chi connectivity index (χ0) is 14.4. The normalized spacial score (nSPS) is 10.6. The second kappa shape index (κ2) is 7.47. The maximum Gasteiger partial charge on any atom is 0.319 e. The third-order valence-corrected chi connectivity index (χ3v) is 3.70. The summed E-state index contributed by atoms with van der Waals surface area (Å²) in [4.78, 5) is 27.3. The number of hydrogen-bond acceptors (Lipinski definition) is 5. The fourth-order valence-electron chi connectivity index (χ4n) is 1.45. The molecule has 0 aliphatic carbocycles. The molecule has 0 unspecified atom stereocenters. The SMILES string of the molecule is COC(=O)CN(C)CC(=O)N(C)Cc1ccc(Cl)s1. The number of rotatable bonds is 6. The molecule has 1 aromatic rings. The Bertz CT molecular complexity index is 450. The van der Waals surface area contributed by atoms with Crippen molar-refractivity contribution in [2.24, 2.45) is 0 Å². The van der Waals surface area contributed by atoms with Gasteiger partial charge in [0, 0.05) is 11.9 Å². The first kappa shape index (κ1) is 15.9. The van der Waals surface area contributed by atoms with Crippen molar-refractivity contribution in [3.63, 3.8) is 0 Å². The number of thiophene rings is 1. The third kappa shape index (κ3) is 5.59. The lowest BCUT2D eigenvalue weighted by atomic mass is 10.4. The average Bonchev–Trinajstić information content (AvgIpc) is 2.74. The van der Waals surface area contributed by atoms with E-state index in [9.17, 15) is 9.59 Å². The topological polar surface area (TPSA) is 49.9 Å². The van der Waals surface area contributed by atoms with Crippen LogP contribution in [-0.4, -0.2) is 56.0 Å². The molecular formula is C12H17ClN2O3S. The molecule has 19 heavy (non-hydrogen) atoms. The van der Waals surface area contributed by atoms with E-state index in [0.717, 1.165) is 4.88 Å². The Balaban J connectivity index is 2.42. The van der Waals surface area contributed by atoms with Crippen molar-refractivity contribution >= 4 is 34.8 Å². The van der Waals surface area contributed by atoms with Crippen molar-refractivity contribution in [2.45, 2.75) is 6.54 Å². The highest BCUT2D eigenvalue weighted by atomic mass is 35.5. The zero-order valence-electron chi connectivity index (χ0n) is 11.2. The monoisotopic (exact) mass is 304 g/mol. The Labute approximate surface area is 121 Å². The molecule has 0 radical (unpaired) electrons. The summed E-state index contributed by atoms with van der Waals surface area (Å²) in [5.41, 5.74) is 0. The largest absolute Gasteiger partial charge is 0.468 e. The molecule has 0 saturated carbocycles. The summed E-state index contributed by atoms with van der Waals surface area (Å²) >= 11 is 7.29. The highest BCUT2D eigenvalue weighted by molar-refractivity contribution is 7.16. The molecular weight excluding hydrogens is 288 g/mol. The molecule has 1 rings (SSSR count). The summed E-state index contributed by atoms with van der Waals surface area (Å²) in [5.74, 6) is -0.418. The fraction of sp³-hybridized carbons (Fsp3) is 0.500. The molecule has 0 aliphatic rings. The van der Waals surface area contributed by atoms with Crippen LogP contribution in [0.5, 0.6) is 0 Å². The Morgan fingerprint density at radius 1 is 1.32 bits per heavy atom. The van der Waals surface area contributed by atoms with Crippen LogP contribution in [0.15, 0.2) is 12.1 Å². The summed E-state index contributed by atoms with van der Waals surface area (Å²) in [6, 6.07) is 3.71. The average molecular weight is 305 g/mol. The predicted octanol–water partition coefficient (Wildman–Crippen LogP) is 1.46. The van der Waals surface area contributed by atoms with Crippen LogP contribution < -0.4 is 0 Å². The number of carbonyl (C=O) groups is 2. The highest BCUT2D eigenvalue weighted by Crippen LogP contribution is 2.22. The molecule has 0 atom stereocenters. The lowest BCUT2D eigenvalue weighted by molar-refractivity contribution is -0.142. The smallest absolute Gasteiger partial charge is 0.319 e. The van der Waals surface area contributed by atoms with Crippen LogP contribution in [-0.2, 0) is 20.9 Å². The lowest BCUT2D eigenvalue weighted by Gasteiger charge is -2.20. The zero-order valence-corrected chi connectivity index (χ0v) is 12.8. The minimum absolute atomic E-state index is 0.0593. The van der Waals surface area contributed by atoms with Gasteiger partial charge in [0.25, 0.3) is 0 Å². The standard InChI is InChI=1S/C12H17ClN2O3S/c1-14(8-12(17)18-3)7-11(16)15(2)6-9-4-5-10(13)19-9/h4-5H,6-8H2,1-3H3. The molecule has 5 nitrogen and oxygen atoms in total. The van der Waals surface area contributed by atoms with Crippen LogP contribution in [0.3, 0.4) is 0 Å². The van der Waals surface area contributed by atoms with E-state index in [1.165, 1.54) is 18.4 Å². The van der Waals surface area contributed by atoms with Gasteiger partial charge < -0.3 is 9.64 Å². The number of ether oxygens (including phenoxy) is 1. The maximum atomic E-state index is 11.9. The minimum atomic E-state index is -0.358. The number of likely N-dealkylation sites (N-methyl/N-ethyl adjacent to an activating group) is 2. The van der Waals surface area contributed by atoms with Crippen molar-refractivity contribution in [1.29, 1.82) is 0 Å². The van der Waals surface area contributed by atoms with E-state index in [2.05, 4.69) is 4.74 Å². The van der Waals surface area contributed by atoms with E-state index >= 15 is 0 Å². The van der Waals surface area contributed by atoms with Gasteiger partial charge in [0.05, 0.1) is 31.1 Å². The van der Waals surface area contributed by atoms with Crippen LogP contribution >= 0.6 is 22.9 Å². The van der Waals surface area contributed by atoms with E-state index in [1.54, 1.807) is 23.9 Å². The second-order valence-electron chi connectivity index (χ2n) is 4.20. The number of esters is 1. The molecule has 0 N–H and O–H groups in total. The van der Waals surface area contributed by atoms with Gasteiger partial charge >= 0.3 is 5.97 Å². The number of methoxy groups -OCH3 is 1. The summed E-state index contributed by atoms with van der Waals surface area (Å²) in [6.45, 7) is 0.786. The minimum Gasteiger partial charge on any atom is -0.468 e. The summed E-state index contributed by atoms with van der Waals surface area (Å²) in [6.07, 6.45) is 0. The molecule has 106 valence electrons. The van der Waals surface area contributed by atoms with Gasteiger partial charge in [-0.15, -0.1) is 11.3 Å². The van der Waals surface area contributed by atoms with Crippen LogP contribution in [0.2, 0.25) is 4.34 Å². The van der Waals surface area contributed by atoms with Crippen molar-refractivity contribution in [3.8, 4) is 0 Å². The molecule has 0 saturated heterocycles. The molecule has 7 heteroatoms. The molecule has 1 aromatic heterocycles. The maximum absolute atomic E-state index is 11.9. The predicted molar refractivity (Wildman–Crippen MR) is 75.3 cm³/mol. The van der Waals surface area contributed by atoms with Crippen molar-refractivity contribution in [3.05, 3.63) is 21.3 Å². The quantitative estimate of drug-likeness (QED) is 0.747. The van der Waals surface area contributed by atoms with E-state index < -0.39 is 0 Å². The third-order valence-electron chi connectivity index (χ3n) is 2.48. The van der Waals surface area contributed by atoms with E-state index in [4.69, 9.17) is 11.6 Å². The molecule has 1 amide bonds. The van der Waals surface area contributed by atoms with E-state index in [-0.39, 0.29) is 25.0 Å². The summed E-state index contributed by atoms with van der Waals surface area (Å²) < 4.78 is 5.25. The van der Waals surface area contributed by atoms with Gasteiger partial charge in [-0.25, -0.2) is 0 Å². The first-order valence-corrected chi connectivity index (χ1v) is 6.85. The Morgan fingerprint density at radius 2 is 2.00 bits per heavy atom. The first-order valence-electron chi connectivity index (χ1n) is 5.66. The van der Waals surface area contributed by atoms with E-state index in [1.807, 2.05) is 12.1 Å². The van der Waals surface area contributed by atoms with Crippen LogP contribution in [0.4, 0.5) is 0 Å². The van der Waals surface area contributed by atoms with Gasteiger partial charge in [-0.05, 0) is 19.2 Å². The number of nitrogens with zero attached hydrogens (tertiary/aromatic N) is 2. The summed E-state index contributed by atoms with van der Waals surface area (Å²) in [7, 11) is 4.75. The lowest BCUT2D eigenvalue weighted by Crippen LogP contribution is -2.38.